The van der Waals surface area contributed by atoms with Gasteiger partial charge in [-0.25, -0.2) is 0 Å². The summed E-state index contributed by atoms with van der Waals surface area (Å²) in [6, 6.07) is 0. The molecule has 0 saturated heterocycles. The maximum Gasteiger partial charge on any atom is 0.311 e. The lowest BCUT2D eigenvalue weighted by Gasteiger charge is -2.41. The van der Waals surface area contributed by atoms with Gasteiger partial charge in [0.25, 0.3) is 0 Å². The molecule has 1 aliphatic carbocycles. The SMILES string of the molecule is CCC(C)(C)C(=O)OC1CCCC1(O)C(C)(C)C. The van der Waals surface area contributed by atoms with Gasteiger partial charge in [-0.2, -0.15) is 0 Å². The fraction of sp³-hybridized carbons (Fsp3) is 0.933. The number of hydrogen-bond acceptors (Lipinski definition) is 3. The molecule has 1 N–H and O–H groups in total. The van der Waals surface area contributed by atoms with E-state index in [2.05, 4.69) is 0 Å². The largest absolute Gasteiger partial charge is 0.459 e. The predicted molar refractivity (Wildman–Crippen MR) is 72.2 cm³/mol. The molecule has 1 aliphatic rings. The van der Waals surface area contributed by atoms with E-state index in [0.717, 1.165) is 19.3 Å². The molecule has 3 heteroatoms. The van der Waals surface area contributed by atoms with Crippen LogP contribution in [0.2, 0.25) is 0 Å². The van der Waals surface area contributed by atoms with E-state index in [9.17, 15) is 9.90 Å². The Bertz CT molecular complexity index is 314. The molecule has 0 spiro atoms. The van der Waals surface area contributed by atoms with Gasteiger partial charge in [-0.15, -0.1) is 0 Å². The third-order valence-electron chi connectivity index (χ3n) is 4.54. The summed E-state index contributed by atoms with van der Waals surface area (Å²) in [7, 11) is 0. The maximum atomic E-state index is 12.1. The number of aliphatic hydroxyl groups is 1. The Morgan fingerprint density at radius 1 is 1.33 bits per heavy atom. The van der Waals surface area contributed by atoms with Gasteiger partial charge in [-0.05, 0) is 44.9 Å². The molecule has 0 heterocycles. The fourth-order valence-electron chi connectivity index (χ4n) is 2.40. The zero-order chi connectivity index (χ0) is 14.2. The van der Waals surface area contributed by atoms with E-state index >= 15 is 0 Å². The van der Waals surface area contributed by atoms with Gasteiger partial charge < -0.3 is 9.84 Å². The van der Waals surface area contributed by atoms with E-state index in [1.165, 1.54) is 0 Å². The van der Waals surface area contributed by atoms with Gasteiger partial charge in [-0.3, -0.25) is 4.79 Å². The van der Waals surface area contributed by atoms with Crippen molar-refractivity contribution in [3.05, 3.63) is 0 Å². The average Bonchev–Trinajstić information content (AvgIpc) is 2.61. The van der Waals surface area contributed by atoms with E-state index in [4.69, 9.17) is 4.74 Å². The molecule has 3 nitrogen and oxygen atoms in total. The van der Waals surface area contributed by atoms with E-state index in [1.54, 1.807) is 0 Å². The summed E-state index contributed by atoms with van der Waals surface area (Å²) in [4.78, 5) is 12.1. The molecule has 1 fully saturated rings. The van der Waals surface area contributed by atoms with Crippen molar-refractivity contribution in [1.29, 1.82) is 0 Å². The van der Waals surface area contributed by atoms with Crippen molar-refractivity contribution in [3.63, 3.8) is 0 Å². The van der Waals surface area contributed by atoms with Crippen LogP contribution in [0.4, 0.5) is 0 Å². The van der Waals surface area contributed by atoms with Crippen molar-refractivity contribution in [1.82, 2.24) is 0 Å². The standard InChI is InChI=1S/C15H28O3/c1-7-14(5,6)12(16)18-11-9-8-10-15(11,17)13(2,3)4/h11,17H,7-10H2,1-6H3. The van der Waals surface area contributed by atoms with Crippen LogP contribution in [-0.4, -0.2) is 22.8 Å². The van der Waals surface area contributed by atoms with Crippen LogP contribution in [0.15, 0.2) is 0 Å². The zero-order valence-corrected chi connectivity index (χ0v) is 12.7. The Balaban J connectivity index is 2.82. The first-order valence-electron chi connectivity index (χ1n) is 6.98. The fourth-order valence-corrected chi connectivity index (χ4v) is 2.40. The molecule has 0 aromatic carbocycles. The molecule has 1 saturated carbocycles. The van der Waals surface area contributed by atoms with Gasteiger partial charge >= 0.3 is 5.97 Å². The van der Waals surface area contributed by atoms with Crippen molar-refractivity contribution in [2.24, 2.45) is 10.8 Å². The second-order valence-corrected chi connectivity index (χ2v) is 7.20. The maximum absolute atomic E-state index is 12.1. The van der Waals surface area contributed by atoms with E-state index in [-0.39, 0.29) is 17.5 Å². The first-order valence-corrected chi connectivity index (χ1v) is 6.98. The van der Waals surface area contributed by atoms with Crippen LogP contribution in [0.25, 0.3) is 0 Å². The number of carbonyl (C=O) groups excluding carboxylic acids is 1. The number of ether oxygens (including phenoxy) is 1. The molecular formula is C15H28O3. The summed E-state index contributed by atoms with van der Waals surface area (Å²) in [6.07, 6.45) is 2.77. The van der Waals surface area contributed by atoms with Crippen LogP contribution in [0.5, 0.6) is 0 Å². The molecule has 0 bridgehead atoms. The highest BCUT2D eigenvalue weighted by atomic mass is 16.6. The molecule has 0 aliphatic heterocycles. The number of rotatable bonds is 3. The van der Waals surface area contributed by atoms with E-state index in [1.807, 2.05) is 41.5 Å². The predicted octanol–water partition coefficient (Wildman–Crippen LogP) is 3.30. The topological polar surface area (TPSA) is 46.5 Å². The molecule has 106 valence electrons. The van der Waals surface area contributed by atoms with Gasteiger partial charge in [0, 0.05) is 0 Å². The highest BCUT2D eigenvalue weighted by Gasteiger charge is 2.52. The third kappa shape index (κ3) is 2.71. The van der Waals surface area contributed by atoms with E-state index in [0.29, 0.717) is 6.42 Å². The Hall–Kier alpha value is -0.570. The molecule has 0 amide bonds. The van der Waals surface area contributed by atoms with Crippen LogP contribution in [0.1, 0.15) is 67.2 Å². The normalized spacial score (nSPS) is 29.4. The summed E-state index contributed by atoms with van der Waals surface area (Å²) in [5.41, 5.74) is -1.64. The first kappa shape index (κ1) is 15.5. The lowest BCUT2D eigenvalue weighted by Crippen LogP contribution is -2.51. The van der Waals surface area contributed by atoms with Crippen LogP contribution < -0.4 is 0 Å². The lowest BCUT2D eigenvalue weighted by atomic mass is 9.74. The number of carbonyl (C=O) groups is 1. The third-order valence-corrected chi connectivity index (χ3v) is 4.54. The zero-order valence-electron chi connectivity index (χ0n) is 12.7. The van der Waals surface area contributed by atoms with Crippen LogP contribution in [0, 0.1) is 10.8 Å². The smallest absolute Gasteiger partial charge is 0.311 e. The molecule has 0 aromatic heterocycles. The monoisotopic (exact) mass is 256 g/mol. The molecule has 1 rings (SSSR count). The van der Waals surface area contributed by atoms with Crippen molar-refractivity contribution in [3.8, 4) is 0 Å². The summed E-state index contributed by atoms with van der Waals surface area (Å²) in [6.45, 7) is 11.8. The Morgan fingerprint density at radius 3 is 2.33 bits per heavy atom. The number of hydrogen-bond donors (Lipinski definition) is 1. The highest BCUT2D eigenvalue weighted by Crippen LogP contribution is 2.45. The van der Waals surface area contributed by atoms with Crippen LogP contribution >= 0.6 is 0 Å². The summed E-state index contributed by atoms with van der Waals surface area (Å²) >= 11 is 0. The van der Waals surface area contributed by atoms with Gasteiger partial charge in [-0.1, -0.05) is 27.7 Å². The Morgan fingerprint density at radius 2 is 1.89 bits per heavy atom. The second-order valence-electron chi connectivity index (χ2n) is 7.20. The summed E-state index contributed by atoms with van der Waals surface area (Å²) in [5.74, 6) is -0.195. The van der Waals surface area contributed by atoms with Crippen LogP contribution in [-0.2, 0) is 9.53 Å². The molecule has 0 aromatic rings. The summed E-state index contributed by atoms with van der Waals surface area (Å²) in [5, 5.41) is 10.8. The van der Waals surface area contributed by atoms with Gasteiger partial charge in [0.1, 0.15) is 11.7 Å². The van der Waals surface area contributed by atoms with Crippen molar-refractivity contribution in [2.75, 3.05) is 0 Å². The molecule has 18 heavy (non-hydrogen) atoms. The van der Waals surface area contributed by atoms with E-state index < -0.39 is 11.0 Å². The van der Waals surface area contributed by atoms with Gasteiger partial charge in [0.2, 0.25) is 0 Å². The molecule has 2 unspecified atom stereocenters. The highest BCUT2D eigenvalue weighted by molar-refractivity contribution is 5.76. The van der Waals surface area contributed by atoms with Gasteiger partial charge in [0.15, 0.2) is 0 Å². The summed E-state index contributed by atoms with van der Waals surface area (Å²) < 4.78 is 5.62. The minimum Gasteiger partial charge on any atom is -0.459 e. The Kier molecular flexibility index (Phi) is 4.16. The van der Waals surface area contributed by atoms with Crippen molar-refractivity contribution >= 4 is 5.97 Å². The van der Waals surface area contributed by atoms with Crippen molar-refractivity contribution in [2.45, 2.75) is 78.9 Å². The molecule has 2 atom stereocenters. The van der Waals surface area contributed by atoms with Crippen molar-refractivity contribution < 1.29 is 14.6 Å². The molecule has 0 radical (unpaired) electrons. The second kappa shape index (κ2) is 4.84. The molecular weight excluding hydrogens is 228 g/mol. The van der Waals surface area contributed by atoms with Crippen LogP contribution in [0.3, 0.4) is 0 Å². The minimum absolute atomic E-state index is 0.195. The first-order chi connectivity index (χ1) is 8.04. The quantitative estimate of drug-likeness (QED) is 0.788. The number of esters is 1. The Labute approximate surface area is 111 Å². The van der Waals surface area contributed by atoms with Gasteiger partial charge in [0.05, 0.1) is 5.41 Å². The minimum atomic E-state index is -0.896. The average molecular weight is 256 g/mol. The lowest BCUT2D eigenvalue weighted by molar-refractivity contribution is -0.184.